The number of nitrogens with one attached hydrogen (secondary N) is 2. The van der Waals surface area contributed by atoms with E-state index in [0.29, 0.717) is 43.7 Å². The Balaban J connectivity index is 1.23. The van der Waals surface area contributed by atoms with Gasteiger partial charge >= 0.3 is 10.2 Å². The van der Waals surface area contributed by atoms with E-state index >= 15 is 0 Å². The monoisotopic (exact) mass is 477 g/mol. The van der Waals surface area contributed by atoms with E-state index < -0.39 is 10.2 Å². The molecule has 2 aliphatic heterocycles. The second-order valence-electron chi connectivity index (χ2n) is 8.87. The highest BCUT2D eigenvalue weighted by Crippen LogP contribution is 2.23. The molecule has 0 radical (unpaired) electrons. The van der Waals surface area contributed by atoms with Crippen molar-refractivity contribution >= 4 is 21.9 Å². The van der Waals surface area contributed by atoms with Crippen LogP contribution >= 0.6 is 0 Å². The van der Waals surface area contributed by atoms with E-state index in [-0.39, 0.29) is 0 Å². The Morgan fingerprint density at radius 3 is 2.61 bits per heavy atom. The first kappa shape index (κ1) is 24.0. The lowest BCUT2D eigenvalue weighted by Crippen LogP contribution is -2.35. The van der Waals surface area contributed by atoms with Gasteiger partial charge in [-0.05, 0) is 36.5 Å². The second kappa shape index (κ2) is 11.8. The van der Waals surface area contributed by atoms with Crippen LogP contribution < -0.4 is 14.2 Å². The minimum Gasteiger partial charge on any atom is -0.494 e. The number of morpholine rings is 1. The molecule has 182 valence electrons. The van der Waals surface area contributed by atoms with Gasteiger partial charge in [-0.3, -0.25) is 14.9 Å². The molecule has 2 N–H and O–H groups in total. The maximum absolute atomic E-state index is 11.9. The van der Waals surface area contributed by atoms with Gasteiger partial charge in [0, 0.05) is 39.1 Å². The third-order valence-electron chi connectivity index (χ3n) is 6.17. The van der Waals surface area contributed by atoms with Crippen molar-refractivity contribution in [3.8, 4) is 5.75 Å². The Labute approximate surface area is 196 Å². The van der Waals surface area contributed by atoms with Gasteiger partial charge in [0.1, 0.15) is 5.75 Å². The SMILES string of the molecule is O=S1(=O)NC(=NCCCOc2cccc(CN3CCOCC3)c2)C(=NCC2CCCCC2)N1. The van der Waals surface area contributed by atoms with Crippen molar-refractivity contribution in [2.45, 2.75) is 45.1 Å². The molecule has 0 unspecified atom stereocenters. The zero-order valence-corrected chi connectivity index (χ0v) is 20.0. The van der Waals surface area contributed by atoms with Crippen LogP contribution in [-0.2, 0) is 21.5 Å². The van der Waals surface area contributed by atoms with Crippen LogP contribution in [0.25, 0.3) is 0 Å². The maximum atomic E-state index is 11.9. The molecule has 33 heavy (non-hydrogen) atoms. The molecule has 10 heteroatoms. The summed E-state index contributed by atoms with van der Waals surface area (Å²) in [6, 6.07) is 8.16. The Morgan fingerprint density at radius 1 is 1.06 bits per heavy atom. The Morgan fingerprint density at radius 2 is 1.82 bits per heavy atom. The average molecular weight is 478 g/mol. The number of hydrogen-bond donors (Lipinski definition) is 2. The van der Waals surface area contributed by atoms with Gasteiger partial charge in [-0.1, -0.05) is 31.4 Å². The lowest BCUT2D eigenvalue weighted by Gasteiger charge is -2.26. The molecule has 0 amide bonds. The first-order chi connectivity index (χ1) is 16.1. The fourth-order valence-electron chi connectivity index (χ4n) is 4.38. The number of hydrogen-bond acceptors (Lipinski definition) is 7. The molecule has 1 aliphatic carbocycles. The van der Waals surface area contributed by atoms with Gasteiger partial charge in [-0.15, -0.1) is 0 Å². The predicted octanol–water partition coefficient (Wildman–Crippen LogP) is 2.10. The highest BCUT2D eigenvalue weighted by molar-refractivity contribution is 7.89. The Kier molecular flexibility index (Phi) is 8.57. The fraction of sp³-hybridized carbons (Fsp3) is 0.652. The number of benzene rings is 1. The molecule has 1 saturated carbocycles. The molecule has 0 atom stereocenters. The maximum Gasteiger partial charge on any atom is 0.324 e. The van der Waals surface area contributed by atoms with E-state index in [2.05, 4.69) is 36.5 Å². The highest BCUT2D eigenvalue weighted by atomic mass is 32.2. The van der Waals surface area contributed by atoms with E-state index in [1.807, 2.05) is 12.1 Å². The summed E-state index contributed by atoms with van der Waals surface area (Å²) < 4.78 is 40.1. The summed E-state index contributed by atoms with van der Waals surface area (Å²) in [4.78, 5) is 11.3. The predicted molar refractivity (Wildman–Crippen MR) is 129 cm³/mol. The molecule has 0 spiro atoms. The van der Waals surface area contributed by atoms with Crippen LogP contribution in [0.2, 0.25) is 0 Å². The van der Waals surface area contributed by atoms with E-state index in [4.69, 9.17) is 9.47 Å². The molecular weight excluding hydrogens is 442 g/mol. The van der Waals surface area contributed by atoms with Crippen LogP contribution in [0, 0.1) is 5.92 Å². The van der Waals surface area contributed by atoms with Crippen LogP contribution in [0.15, 0.2) is 34.3 Å². The van der Waals surface area contributed by atoms with E-state index in [1.165, 1.54) is 24.8 Å². The van der Waals surface area contributed by atoms with Gasteiger partial charge in [-0.2, -0.15) is 8.42 Å². The highest BCUT2D eigenvalue weighted by Gasteiger charge is 2.28. The summed E-state index contributed by atoms with van der Waals surface area (Å²) >= 11 is 0. The van der Waals surface area contributed by atoms with Crippen molar-refractivity contribution in [3.05, 3.63) is 29.8 Å². The standard InChI is InChI=1S/C23H35N5O4S/c29-33(30)26-22(23(27-33)25-17-19-6-2-1-3-7-19)24-10-5-13-32-21-9-4-8-20(16-21)18-28-11-14-31-15-12-28/h4,8-9,16,19H,1-3,5-7,10-15,17-18H2,(H,24,26)(H,25,27). The summed E-state index contributed by atoms with van der Waals surface area (Å²) in [6.07, 6.45) is 6.75. The number of amidine groups is 2. The molecule has 1 aromatic rings. The number of rotatable bonds is 9. The normalized spacial score (nSPS) is 24.0. The van der Waals surface area contributed by atoms with Crippen molar-refractivity contribution in [2.75, 3.05) is 46.0 Å². The summed E-state index contributed by atoms with van der Waals surface area (Å²) in [7, 11) is -3.60. The van der Waals surface area contributed by atoms with Crippen LogP contribution in [0.3, 0.4) is 0 Å². The third-order valence-corrected chi connectivity index (χ3v) is 7.09. The lowest BCUT2D eigenvalue weighted by molar-refractivity contribution is 0.0341. The molecule has 4 rings (SSSR count). The quantitative estimate of drug-likeness (QED) is 0.530. The number of nitrogens with zero attached hydrogens (tertiary/aromatic N) is 3. The second-order valence-corrected chi connectivity index (χ2v) is 10.3. The van der Waals surface area contributed by atoms with Crippen LogP contribution in [0.5, 0.6) is 5.75 Å². The van der Waals surface area contributed by atoms with Gasteiger partial charge in [0.05, 0.1) is 19.8 Å². The Hall–Kier alpha value is -2.17. The van der Waals surface area contributed by atoms with Gasteiger partial charge in [0.2, 0.25) is 0 Å². The summed E-state index contributed by atoms with van der Waals surface area (Å²) in [5.41, 5.74) is 1.22. The minimum absolute atomic E-state index is 0.304. The molecule has 2 heterocycles. The first-order valence-corrected chi connectivity index (χ1v) is 13.5. The van der Waals surface area contributed by atoms with Crippen molar-refractivity contribution < 1.29 is 17.9 Å². The lowest BCUT2D eigenvalue weighted by atomic mass is 9.89. The molecule has 0 aromatic heterocycles. The minimum atomic E-state index is -3.60. The average Bonchev–Trinajstić information content (AvgIpc) is 3.12. The topological polar surface area (TPSA) is 105 Å². The van der Waals surface area contributed by atoms with Gasteiger partial charge in [0.25, 0.3) is 0 Å². The summed E-state index contributed by atoms with van der Waals surface area (Å²) in [6.45, 7) is 5.98. The largest absolute Gasteiger partial charge is 0.494 e. The molecule has 9 nitrogen and oxygen atoms in total. The van der Waals surface area contributed by atoms with Crippen molar-refractivity contribution in [1.82, 2.24) is 14.3 Å². The van der Waals surface area contributed by atoms with Crippen molar-refractivity contribution in [3.63, 3.8) is 0 Å². The number of ether oxygens (including phenoxy) is 2. The van der Waals surface area contributed by atoms with E-state index in [1.54, 1.807) is 0 Å². The van der Waals surface area contributed by atoms with Gasteiger partial charge in [-0.25, -0.2) is 9.44 Å². The summed E-state index contributed by atoms with van der Waals surface area (Å²) in [5.74, 6) is 2.01. The van der Waals surface area contributed by atoms with Crippen LogP contribution in [0.4, 0.5) is 0 Å². The zero-order valence-electron chi connectivity index (χ0n) is 19.2. The molecular formula is C23H35N5O4S. The van der Waals surface area contributed by atoms with E-state index in [0.717, 1.165) is 51.4 Å². The Bertz CT molecular complexity index is 938. The number of aliphatic imine (C=N–C) groups is 2. The first-order valence-electron chi connectivity index (χ1n) is 12.0. The van der Waals surface area contributed by atoms with Gasteiger partial charge < -0.3 is 9.47 Å². The third kappa shape index (κ3) is 7.68. The molecule has 0 bridgehead atoms. The zero-order chi connectivity index (χ0) is 22.9. The molecule has 2 saturated heterocycles. The fourth-order valence-corrected chi connectivity index (χ4v) is 5.26. The molecule has 3 aliphatic rings. The van der Waals surface area contributed by atoms with Crippen molar-refractivity contribution in [2.24, 2.45) is 15.9 Å². The molecule has 3 fully saturated rings. The van der Waals surface area contributed by atoms with E-state index in [9.17, 15) is 8.42 Å². The van der Waals surface area contributed by atoms with Crippen LogP contribution in [-0.4, -0.2) is 71.0 Å². The van der Waals surface area contributed by atoms with Crippen molar-refractivity contribution in [1.29, 1.82) is 0 Å². The van der Waals surface area contributed by atoms with Crippen LogP contribution in [0.1, 0.15) is 44.1 Å². The summed E-state index contributed by atoms with van der Waals surface area (Å²) in [5, 5.41) is 0. The molecule has 1 aromatic carbocycles. The smallest absolute Gasteiger partial charge is 0.324 e. The van der Waals surface area contributed by atoms with Gasteiger partial charge in [0.15, 0.2) is 11.7 Å².